The summed E-state index contributed by atoms with van der Waals surface area (Å²) in [6.45, 7) is 8.62. The minimum atomic E-state index is -0.117. The van der Waals surface area contributed by atoms with E-state index in [1.807, 2.05) is 24.3 Å². The van der Waals surface area contributed by atoms with Gasteiger partial charge in [0.05, 0.1) is 13.0 Å². The molecule has 3 nitrogen and oxygen atoms in total. The van der Waals surface area contributed by atoms with E-state index in [0.717, 1.165) is 11.3 Å². The summed E-state index contributed by atoms with van der Waals surface area (Å²) in [5.41, 5.74) is 2.13. The van der Waals surface area contributed by atoms with Gasteiger partial charge in [-0.3, -0.25) is 4.79 Å². The maximum absolute atomic E-state index is 12.3. The number of ether oxygens (including phenoxy) is 2. The van der Waals surface area contributed by atoms with Crippen molar-refractivity contribution < 1.29 is 14.3 Å². The van der Waals surface area contributed by atoms with E-state index in [4.69, 9.17) is 9.47 Å². The van der Waals surface area contributed by atoms with Crippen molar-refractivity contribution in [2.45, 2.75) is 34.3 Å². The maximum atomic E-state index is 12.3. The highest BCUT2D eigenvalue weighted by atomic mass is 16.5. The first-order valence-electron chi connectivity index (χ1n) is 7.31. The smallest absolute Gasteiger partial charge is 0.310 e. The number of para-hydroxylation sites is 1. The lowest BCUT2D eigenvalue weighted by Crippen LogP contribution is -2.11. The molecule has 0 heterocycles. The van der Waals surface area contributed by atoms with Crippen LogP contribution in [0.25, 0.3) is 0 Å². The lowest BCUT2D eigenvalue weighted by molar-refractivity contribution is -0.147. The molecule has 114 valence electrons. The predicted octanol–water partition coefficient (Wildman–Crippen LogP) is 3.98. The highest BCUT2D eigenvalue weighted by Gasteiger charge is 2.61. The summed E-state index contributed by atoms with van der Waals surface area (Å²) in [5, 5.41) is 0. The summed E-state index contributed by atoms with van der Waals surface area (Å²) in [4.78, 5) is 12.3. The Bertz CT molecular complexity index is 553. The topological polar surface area (TPSA) is 35.5 Å². The molecule has 0 aliphatic heterocycles. The number of esters is 1. The molecule has 0 saturated heterocycles. The van der Waals surface area contributed by atoms with Crippen molar-refractivity contribution in [3.8, 4) is 5.75 Å². The second-order valence-electron chi connectivity index (χ2n) is 6.49. The number of carbonyl (C=O) groups is 1. The minimum absolute atomic E-state index is 0.00483. The summed E-state index contributed by atoms with van der Waals surface area (Å²) in [5.74, 6) is 0.879. The van der Waals surface area contributed by atoms with Crippen molar-refractivity contribution >= 4 is 5.97 Å². The zero-order chi connectivity index (χ0) is 15.6. The molecule has 0 amide bonds. The average Bonchev–Trinajstić information content (AvgIpc) is 2.96. The number of carbonyl (C=O) groups excluding carboxylic acids is 1. The highest BCUT2D eigenvalue weighted by Crippen LogP contribution is 2.59. The highest BCUT2D eigenvalue weighted by molar-refractivity contribution is 5.78. The van der Waals surface area contributed by atoms with Gasteiger partial charge in [-0.05, 0) is 31.2 Å². The third-order valence-electron chi connectivity index (χ3n) is 4.24. The van der Waals surface area contributed by atoms with Crippen molar-refractivity contribution in [1.29, 1.82) is 0 Å². The lowest BCUT2D eigenvalue weighted by Gasteiger charge is -2.09. The Hall–Kier alpha value is -1.77. The first-order chi connectivity index (χ1) is 9.87. The SMILES string of the molecule is COc1ccccc1COC(=O)[C@H]1[C@@H](C=C(C)C)C1(C)C. The van der Waals surface area contributed by atoms with Crippen LogP contribution >= 0.6 is 0 Å². The molecule has 2 rings (SSSR count). The van der Waals surface area contributed by atoms with Gasteiger partial charge >= 0.3 is 5.97 Å². The first-order valence-corrected chi connectivity index (χ1v) is 7.31. The fourth-order valence-electron chi connectivity index (χ4n) is 2.86. The van der Waals surface area contributed by atoms with E-state index >= 15 is 0 Å². The molecule has 0 N–H and O–H groups in total. The summed E-state index contributed by atoms with van der Waals surface area (Å²) < 4.78 is 10.8. The molecule has 21 heavy (non-hydrogen) atoms. The molecule has 1 aliphatic carbocycles. The number of benzene rings is 1. The summed E-state index contributed by atoms with van der Waals surface area (Å²) in [6.07, 6.45) is 2.18. The Morgan fingerprint density at radius 3 is 2.57 bits per heavy atom. The number of hydrogen-bond donors (Lipinski definition) is 0. The molecular weight excluding hydrogens is 264 g/mol. The van der Waals surface area contributed by atoms with Crippen LogP contribution in [0.2, 0.25) is 0 Å². The zero-order valence-electron chi connectivity index (χ0n) is 13.5. The van der Waals surface area contributed by atoms with E-state index in [-0.39, 0.29) is 29.8 Å². The standard InChI is InChI=1S/C18H24O3/c1-12(2)10-14-16(18(14,3)4)17(19)21-11-13-8-6-7-9-15(13)20-5/h6-10,14,16H,11H2,1-5H3/t14-,16-/m1/s1. The van der Waals surface area contributed by atoms with Crippen molar-refractivity contribution in [2.75, 3.05) is 7.11 Å². The molecular formula is C18H24O3. The van der Waals surface area contributed by atoms with Crippen LogP contribution in [0.5, 0.6) is 5.75 Å². The van der Waals surface area contributed by atoms with Crippen molar-refractivity contribution in [3.63, 3.8) is 0 Å². The lowest BCUT2D eigenvalue weighted by atomic mass is 10.1. The predicted molar refractivity (Wildman–Crippen MR) is 83.0 cm³/mol. The molecule has 3 heteroatoms. The molecule has 1 aliphatic rings. The molecule has 0 unspecified atom stereocenters. The van der Waals surface area contributed by atoms with Gasteiger partial charge in [0, 0.05) is 5.56 Å². The van der Waals surface area contributed by atoms with Gasteiger partial charge in [-0.15, -0.1) is 0 Å². The van der Waals surface area contributed by atoms with Crippen LogP contribution in [0.1, 0.15) is 33.3 Å². The third kappa shape index (κ3) is 3.29. The summed E-state index contributed by atoms with van der Waals surface area (Å²) >= 11 is 0. The van der Waals surface area contributed by atoms with E-state index in [2.05, 4.69) is 33.8 Å². The molecule has 1 aromatic rings. The monoisotopic (exact) mass is 288 g/mol. The van der Waals surface area contributed by atoms with Crippen LogP contribution in [0.3, 0.4) is 0 Å². The normalized spacial score (nSPS) is 22.3. The Labute approximate surface area is 127 Å². The number of allylic oxidation sites excluding steroid dienone is 2. The number of rotatable bonds is 5. The summed E-state index contributed by atoms with van der Waals surface area (Å²) in [6, 6.07) is 7.60. The molecule has 0 aromatic heterocycles. The van der Waals surface area contributed by atoms with Gasteiger partial charge in [-0.1, -0.05) is 43.7 Å². The molecule has 1 aromatic carbocycles. The molecule has 0 bridgehead atoms. The van der Waals surface area contributed by atoms with Gasteiger partial charge in [0.25, 0.3) is 0 Å². The van der Waals surface area contributed by atoms with Crippen LogP contribution in [0, 0.1) is 17.3 Å². The van der Waals surface area contributed by atoms with Crippen LogP contribution in [-0.4, -0.2) is 13.1 Å². The van der Waals surface area contributed by atoms with Gasteiger partial charge in [0.1, 0.15) is 12.4 Å². The van der Waals surface area contributed by atoms with E-state index < -0.39 is 0 Å². The van der Waals surface area contributed by atoms with Crippen molar-refractivity contribution in [1.82, 2.24) is 0 Å². The van der Waals surface area contributed by atoms with Gasteiger partial charge < -0.3 is 9.47 Å². The molecule has 0 radical (unpaired) electrons. The van der Waals surface area contributed by atoms with E-state index in [0.29, 0.717) is 0 Å². The maximum Gasteiger partial charge on any atom is 0.310 e. The Kier molecular flexibility index (Phi) is 4.40. The number of hydrogen-bond acceptors (Lipinski definition) is 3. The van der Waals surface area contributed by atoms with Crippen molar-refractivity contribution in [3.05, 3.63) is 41.5 Å². The largest absolute Gasteiger partial charge is 0.496 e. The Morgan fingerprint density at radius 1 is 1.29 bits per heavy atom. The second-order valence-corrected chi connectivity index (χ2v) is 6.49. The van der Waals surface area contributed by atoms with Crippen LogP contribution in [0.15, 0.2) is 35.9 Å². The molecule has 1 saturated carbocycles. The summed E-state index contributed by atoms with van der Waals surface area (Å²) in [7, 11) is 1.62. The van der Waals surface area contributed by atoms with Gasteiger partial charge in [-0.2, -0.15) is 0 Å². The van der Waals surface area contributed by atoms with E-state index in [1.54, 1.807) is 7.11 Å². The second kappa shape index (κ2) is 5.92. The van der Waals surface area contributed by atoms with E-state index in [1.165, 1.54) is 5.57 Å². The zero-order valence-corrected chi connectivity index (χ0v) is 13.5. The molecule has 0 spiro atoms. The van der Waals surface area contributed by atoms with Crippen LogP contribution in [0.4, 0.5) is 0 Å². The molecule has 2 atom stereocenters. The van der Waals surface area contributed by atoms with E-state index in [9.17, 15) is 4.79 Å². The quantitative estimate of drug-likeness (QED) is 0.607. The van der Waals surface area contributed by atoms with Crippen molar-refractivity contribution in [2.24, 2.45) is 17.3 Å². The van der Waals surface area contributed by atoms with Gasteiger partial charge in [0.15, 0.2) is 0 Å². The Balaban J connectivity index is 1.99. The fourth-order valence-corrected chi connectivity index (χ4v) is 2.86. The molecule has 1 fully saturated rings. The third-order valence-corrected chi connectivity index (χ3v) is 4.24. The Morgan fingerprint density at radius 2 is 1.95 bits per heavy atom. The van der Waals surface area contributed by atoms with Gasteiger partial charge in [0.2, 0.25) is 0 Å². The average molecular weight is 288 g/mol. The first kappa shape index (κ1) is 15.6. The van der Waals surface area contributed by atoms with Crippen LogP contribution in [-0.2, 0) is 16.1 Å². The minimum Gasteiger partial charge on any atom is -0.496 e. The van der Waals surface area contributed by atoms with Crippen LogP contribution < -0.4 is 4.74 Å². The number of methoxy groups -OCH3 is 1. The van der Waals surface area contributed by atoms with Gasteiger partial charge in [-0.25, -0.2) is 0 Å². The fraction of sp³-hybridized carbons (Fsp3) is 0.500.